The van der Waals surface area contributed by atoms with Crippen LogP contribution in [0.1, 0.15) is 16.5 Å². The second-order valence-electron chi connectivity index (χ2n) is 4.59. The lowest BCUT2D eigenvalue weighted by Crippen LogP contribution is -2.43. The SMILES string of the molecule is O=C(Nc1c(F)cc(F)cc1F)c1cn(C2CNC2)nn1. The number of hydrogen-bond acceptors (Lipinski definition) is 4. The highest BCUT2D eigenvalue weighted by atomic mass is 19.1. The Balaban J connectivity index is 1.78. The van der Waals surface area contributed by atoms with Crippen molar-refractivity contribution in [1.29, 1.82) is 0 Å². The molecule has 0 unspecified atom stereocenters. The maximum Gasteiger partial charge on any atom is 0.277 e. The summed E-state index contributed by atoms with van der Waals surface area (Å²) < 4.78 is 41.2. The summed E-state index contributed by atoms with van der Waals surface area (Å²) in [7, 11) is 0. The molecule has 21 heavy (non-hydrogen) atoms. The molecule has 110 valence electrons. The third-order valence-corrected chi connectivity index (χ3v) is 3.12. The van der Waals surface area contributed by atoms with E-state index < -0.39 is 29.0 Å². The first-order valence-corrected chi connectivity index (χ1v) is 6.13. The Morgan fingerprint density at radius 1 is 1.29 bits per heavy atom. The lowest BCUT2D eigenvalue weighted by atomic mass is 10.2. The van der Waals surface area contributed by atoms with Crippen molar-refractivity contribution < 1.29 is 18.0 Å². The van der Waals surface area contributed by atoms with Gasteiger partial charge >= 0.3 is 0 Å². The van der Waals surface area contributed by atoms with Gasteiger partial charge < -0.3 is 10.6 Å². The van der Waals surface area contributed by atoms with Crippen LogP contribution < -0.4 is 10.6 Å². The Hall–Kier alpha value is -2.42. The van der Waals surface area contributed by atoms with Gasteiger partial charge in [0.05, 0.1) is 12.2 Å². The molecule has 3 rings (SSSR count). The smallest absolute Gasteiger partial charge is 0.277 e. The number of hydrogen-bond donors (Lipinski definition) is 2. The molecular formula is C12H10F3N5O. The fourth-order valence-electron chi connectivity index (χ4n) is 1.86. The third-order valence-electron chi connectivity index (χ3n) is 3.12. The first-order valence-electron chi connectivity index (χ1n) is 6.13. The number of carbonyl (C=O) groups excluding carboxylic acids is 1. The summed E-state index contributed by atoms with van der Waals surface area (Å²) in [5.74, 6) is -4.28. The fraction of sp³-hybridized carbons (Fsp3) is 0.250. The lowest BCUT2D eigenvalue weighted by molar-refractivity contribution is 0.102. The van der Waals surface area contributed by atoms with Crippen molar-refractivity contribution >= 4 is 11.6 Å². The summed E-state index contributed by atoms with van der Waals surface area (Å²) in [5, 5.41) is 12.5. The molecule has 1 saturated heterocycles. The van der Waals surface area contributed by atoms with Crippen molar-refractivity contribution in [1.82, 2.24) is 20.3 Å². The van der Waals surface area contributed by atoms with Crippen molar-refractivity contribution in [3.05, 3.63) is 41.5 Å². The van der Waals surface area contributed by atoms with Crippen LogP contribution in [0.3, 0.4) is 0 Å². The summed E-state index contributed by atoms with van der Waals surface area (Å²) in [6.45, 7) is 1.43. The van der Waals surface area contributed by atoms with Gasteiger partial charge in [0.15, 0.2) is 17.3 Å². The number of rotatable bonds is 3. The van der Waals surface area contributed by atoms with Gasteiger partial charge in [0, 0.05) is 25.2 Å². The van der Waals surface area contributed by atoms with Crippen LogP contribution in [0.5, 0.6) is 0 Å². The van der Waals surface area contributed by atoms with Gasteiger partial charge in [-0.25, -0.2) is 17.9 Å². The Kier molecular flexibility index (Phi) is 3.34. The zero-order valence-corrected chi connectivity index (χ0v) is 10.6. The van der Waals surface area contributed by atoms with Crippen molar-refractivity contribution in [3.8, 4) is 0 Å². The zero-order valence-electron chi connectivity index (χ0n) is 10.6. The quantitative estimate of drug-likeness (QED) is 0.889. The van der Waals surface area contributed by atoms with Gasteiger partial charge in [0.2, 0.25) is 0 Å². The van der Waals surface area contributed by atoms with Crippen LogP contribution in [0, 0.1) is 17.5 Å². The number of amides is 1. The first kappa shape index (κ1) is 13.6. The number of benzene rings is 1. The summed E-state index contributed by atoms with van der Waals surface area (Å²) >= 11 is 0. The van der Waals surface area contributed by atoms with Crippen molar-refractivity contribution in [2.45, 2.75) is 6.04 Å². The maximum atomic E-state index is 13.4. The molecule has 2 heterocycles. The van der Waals surface area contributed by atoms with Crippen LogP contribution in [0.4, 0.5) is 18.9 Å². The van der Waals surface area contributed by atoms with Crippen LogP contribution in [-0.2, 0) is 0 Å². The monoisotopic (exact) mass is 297 g/mol. The predicted molar refractivity (Wildman–Crippen MR) is 66.2 cm³/mol. The molecule has 1 aromatic heterocycles. The summed E-state index contributed by atoms with van der Waals surface area (Å²) in [6.07, 6.45) is 1.39. The Morgan fingerprint density at radius 2 is 1.95 bits per heavy atom. The molecule has 1 aromatic carbocycles. The molecule has 0 saturated carbocycles. The van der Waals surface area contributed by atoms with Crippen LogP contribution in [0.2, 0.25) is 0 Å². The number of nitrogens with one attached hydrogen (secondary N) is 2. The fourth-order valence-corrected chi connectivity index (χ4v) is 1.86. The summed E-state index contributed by atoms with van der Waals surface area (Å²) in [4.78, 5) is 11.9. The van der Waals surface area contributed by atoms with E-state index >= 15 is 0 Å². The van der Waals surface area contributed by atoms with Crippen molar-refractivity contribution in [2.75, 3.05) is 18.4 Å². The van der Waals surface area contributed by atoms with Gasteiger partial charge in [0.1, 0.15) is 11.5 Å². The first-order chi connectivity index (χ1) is 10.0. The molecule has 6 nitrogen and oxygen atoms in total. The Bertz CT molecular complexity index is 675. The minimum Gasteiger partial charge on any atom is -0.316 e. The molecule has 0 spiro atoms. The van der Waals surface area contributed by atoms with Gasteiger partial charge in [-0.15, -0.1) is 5.10 Å². The molecule has 2 N–H and O–H groups in total. The molecular weight excluding hydrogens is 287 g/mol. The highest BCUT2D eigenvalue weighted by molar-refractivity contribution is 6.02. The van der Waals surface area contributed by atoms with E-state index in [1.54, 1.807) is 0 Å². The molecule has 2 aromatic rings. The van der Waals surface area contributed by atoms with Crippen molar-refractivity contribution in [3.63, 3.8) is 0 Å². The second kappa shape index (κ2) is 5.17. The average Bonchev–Trinajstić information content (AvgIpc) is 2.80. The van der Waals surface area contributed by atoms with Gasteiger partial charge in [-0.1, -0.05) is 5.21 Å². The van der Waals surface area contributed by atoms with E-state index in [9.17, 15) is 18.0 Å². The number of aromatic nitrogens is 3. The van der Waals surface area contributed by atoms with Gasteiger partial charge in [-0.05, 0) is 0 Å². The number of carbonyl (C=O) groups is 1. The zero-order chi connectivity index (χ0) is 15.0. The molecule has 0 atom stereocenters. The van der Waals surface area contributed by atoms with E-state index in [2.05, 4.69) is 15.6 Å². The van der Waals surface area contributed by atoms with E-state index in [-0.39, 0.29) is 11.7 Å². The van der Waals surface area contributed by atoms with Gasteiger partial charge in [-0.3, -0.25) is 4.79 Å². The summed E-state index contributed by atoms with van der Waals surface area (Å²) in [5.41, 5.74) is -0.800. The number of nitrogens with zero attached hydrogens (tertiary/aromatic N) is 3. The van der Waals surface area contributed by atoms with Crippen molar-refractivity contribution in [2.24, 2.45) is 0 Å². The highest BCUT2D eigenvalue weighted by Gasteiger charge is 2.22. The third kappa shape index (κ3) is 2.59. The Labute approximate surface area is 116 Å². The van der Waals surface area contributed by atoms with E-state index in [0.29, 0.717) is 25.2 Å². The predicted octanol–water partition coefficient (Wildman–Crippen LogP) is 1.09. The van der Waals surface area contributed by atoms with Gasteiger partial charge in [0.25, 0.3) is 5.91 Å². The van der Waals surface area contributed by atoms with Gasteiger partial charge in [-0.2, -0.15) is 0 Å². The molecule has 0 bridgehead atoms. The molecule has 1 amide bonds. The van der Waals surface area contributed by atoms with E-state index in [1.807, 2.05) is 5.32 Å². The lowest BCUT2D eigenvalue weighted by Gasteiger charge is -2.26. The van der Waals surface area contributed by atoms with E-state index in [0.717, 1.165) is 0 Å². The molecule has 1 fully saturated rings. The minimum absolute atomic E-state index is 0.0787. The second-order valence-corrected chi connectivity index (χ2v) is 4.59. The maximum absolute atomic E-state index is 13.4. The normalized spacial score (nSPS) is 14.8. The van der Waals surface area contributed by atoms with Crippen LogP contribution in [-0.4, -0.2) is 34.0 Å². The number of anilines is 1. The molecule has 1 aliphatic rings. The molecule has 0 radical (unpaired) electrons. The topological polar surface area (TPSA) is 71.8 Å². The van der Waals surface area contributed by atoms with Crippen LogP contribution in [0.15, 0.2) is 18.3 Å². The molecule has 0 aliphatic carbocycles. The highest BCUT2D eigenvalue weighted by Crippen LogP contribution is 2.20. The summed E-state index contributed by atoms with van der Waals surface area (Å²) in [6, 6.07) is 1.07. The average molecular weight is 297 g/mol. The number of halogens is 3. The minimum atomic E-state index is -1.20. The van der Waals surface area contributed by atoms with E-state index in [1.165, 1.54) is 10.9 Å². The molecule has 9 heteroatoms. The largest absolute Gasteiger partial charge is 0.316 e. The molecule has 1 aliphatic heterocycles. The van der Waals surface area contributed by atoms with Crippen LogP contribution in [0.25, 0.3) is 0 Å². The standard InChI is InChI=1S/C12H10F3N5O/c13-6-1-8(14)11(9(15)2-6)17-12(21)10-5-20(19-18-10)7-3-16-4-7/h1-2,5,7,16H,3-4H2,(H,17,21). The van der Waals surface area contributed by atoms with Crippen LogP contribution >= 0.6 is 0 Å². The van der Waals surface area contributed by atoms with E-state index in [4.69, 9.17) is 0 Å². The Morgan fingerprint density at radius 3 is 2.52 bits per heavy atom.